The summed E-state index contributed by atoms with van der Waals surface area (Å²) in [4.78, 5) is 37.6. The second-order valence-electron chi connectivity index (χ2n) is 15.7. The molecule has 0 rings (SSSR count). The van der Waals surface area contributed by atoms with Gasteiger partial charge in [0.15, 0.2) is 6.10 Å². The van der Waals surface area contributed by atoms with Crippen molar-refractivity contribution in [3.8, 4) is 0 Å². The first kappa shape index (κ1) is 50.4. The lowest BCUT2D eigenvalue weighted by Gasteiger charge is -2.18. The Hall–Kier alpha value is -1.59. The van der Waals surface area contributed by atoms with Crippen LogP contribution in [0.2, 0.25) is 0 Å². The molecule has 0 aliphatic rings. The van der Waals surface area contributed by atoms with E-state index in [2.05, 4.69) is 20.8 Å². The normalized spacial score (nSPS) is 11.8. The van der Waals surface area contributed by atoms with Crippen molar-refractivity contribution in [1.82, 2.24) is 0 Å². The number of hydrogen-bond acceptors (Lipinski definition) is 6. The molecule has 6 heteroatoms. The molecule has 6 nitrogen and oxygen atoms in total. The van der Waals surface area contributed by atoms with Crippen LogP contribution in [0.3, 0.4) is 0 Å². The van der Waals surface area contributed by atoms with Crippen molar-refractivity contribution >= 4 is 17.9 Å². The molecule has 0 saturated carbocycles. The van der Waals surface area contributed by atoms with E-state index in [4.69, 9.17) is 14.2 Å². The molecule has 0 N–H and O–H groups in total. The van der Waals surface area contributed by atoms with E-state index in [-0.39, 0.29) is 31.1 Å². The monoisotopic (exact) mass is 737 g/mol. The molecule has 0 spiro atoms. The van der Waals surface area contributed by atoms with Gasteiger partial charge in [0.2, 0.25) is 0 Å². The highest BCUT2D eigenvalue weighted by Crippen LogP contribution is 2.16. The average Bonchev–Trinajstić information content (AvgIpc) is 3.14. The number of unbranched alkanes of at least 4 members (excludes halogenated alkanes) is 31. The highest BCUT2D eigenvalue weighted by atomic mass is 16.6. The first-order valence-electron chi connectivity index (χ1n) is 23.0. The van der Waals surface area contributed by atoms with Crippen molar-refractivity contribution in [2.45, 2.75) is 264 Å². The van der Waals surface area contributed by atoms with Gasteiger partial charge >= 0.3 is 17.9 Å². The minimum Gasteiger partial charge on any atom is -0.462 e. The van der Waals surface area contributed by atoms with Crippen molar-refractivity contribution in [2.24, 2.45) is 0 Å². The van der Waals surface area contributed by atoms with E-state index in [1.807, 2.05) is 0 Å². The Balaban J connectivity index is 4.31. The third-order valence-electron chi connectivity index (χ3n) is 10.4. The van der Waals surface area contributed by atoms with Crippen molar-refractivity contribution in [3.05, 3.63) is 0 Å². The van der Waals surface area contributed by atoms with Gasteiger partial charge in [0.05, 0.1) is 0 Å². The third kappa shape index (κ3) is 39.6. The summed E-state index contributed by atoms with van der Waals surface area (Å²) in [5.74, 6) is -0.853. The summed E-state index contributed by atoms with van der Waals surface area (Å²) in [6.07, 6.45) is 42.2. The lowest BCUT2D eigenvalue weighted by molar-refractivity contribution is -0.167. The van der Waals surface area contributed by atoms with Gasteiger partial charge in [-0.05, 0) is 19.3 Å². The Bertz CT molecular complexity index is 768. The summed E-state index contributed by atoms with van der Waals surface area (Å²) in [7, 11) is 0. The zero-order valence-corrected chi connectivity index (χ0v) is 35.1. The average molecular weight is 737 g/mol. The third-order valence-corrected chi connectivity index (χ3v) is 10.4. The van der Waals surface area contributed by atoms with Crippen LogP contribution in [0.4, 0.5) is 0 Å². The maximum Gasteiger partial charge on any atom is 0.306 e. The zero-order chi connectivity index (χ0) is 38.0. The van der Waals surface area contributed by atoms with Crippen LogP contribution in [0.25, 0.3) is 0 Å². The minimum atomic E-state index is -0.757. The Kier molecular flexibility index (Phi) is 40.9. The summed E-state index contributed by atoms with van der Waals surface area (Å²) < 4.78 is 16.7. The van der Waals surface area contributed by atoms with Crippen LogP contribution in [0, 0.1) is 0 Å². The van der Waals surface area contributed by atoms with Crippen LogP contribution >= 0.6 is 0 Å². The van der Waals surface area contributed by atoms with E-state index in [1.165, 1.54) is 161 Å². The molecule has 0 bridgehead atoms. The SMILES string of the molecule is CCCCCCCCCCCCCCCC(=O)O[C@@H](COC(=O)CCCCCCCCCCC)COC(=O)CCCCCCCCCCCCCC. The number of ether oxygens (including phenoxy) is 3. The van der Waals surface area contributed by atoms with Gasteiger partial charge in [0.25, 0.3) is 0 Å². The molecule has 0 aromatic heterocycles. The number of carbonyl (C=O) groups excluding carboxylic acids is 3. The molecule has 0 aliphatic heterocycles. The largest absolute Gasteiger partial charge is 0.462 e. The molecule has 0 fully saturated rings. The van der Waals surface area contributed by atoms with Crippen LogP contribution in [0.15, 0.2) is 0 Å². The van der Waals surface area contributed by atoms with Gasteiger partial charge in [-0.2, -0.15) is 0 Å². The van der Waals surface area contributed by atoms with Crippen molar-refractivity contribution < 1.29 is 28.6 Å². The topological polar surface area (TPSA) is 78.9 Å². The van der Waals surface area contributed by atoms with Crippen molar-refractivity contribution in [2.75, 3.05) is 13.2 Å². The molecule has 0 aromatic carbocycles. The van der Waals surface area contributed by atoms with Crippen LogP contribution in [-0.4, -0.2) is 37.2 Å². The highest BCUT2D eigenvalue weighted by Gasteiger charge is 2.19. The minimum absolute atomic E-state index is 0.0628. The second-order valence-corrected chi connectivity index (χ2v) is 15.7. The Labute approximate surface area is 323 Å². The van der Waals surface area contributed by atoms with Crippen molar-refractivity contribution in [1.29, 1.82) is 0 Å². The maximum atomic E-state index is 12.7. The number of carbonyl (C=O) groups is 3. The Morgan fingerprint density at radius 1 is 0.308 bits per heavy atom. The molecule has 0 saturated heterocycles. The highest BCUT2D eigenvalue weighted by molar-refractivity contribution is 5.71. The standard InChI is InChI=1S/C46H88O6/c1-4-7-10-13-16-19-21-23-25-28-31-34-37-40-46(49)52-43(41-50-44(47)38-35-32-29-26-18-15-12-9-6-3)42-51-45(48)39-36-33-30-27-24-22-20-17-14-11-8-5-2/h43H,4-42H2,1-3H3/t43-/m0/s1. The quantitative estimate of drug-likeness (QED) is 0.0353. The molecule has 0 heterocycles. The molecule has 0 radical (unpaired) electrons. The molecule has 0 amide bonds. The fourth-order valence-corrected chi connectivity index (χ4v) is 6.85. The molecule has 1 atom stereocenters. The van der Waals surface area contributed by atoms with Gasteiger partial charge in [0.1, 0.15) is 13.2 Å². The fraction of sp³-hybridized carbons (Fsp3) is 0.935. The molecule has 52 heavy (non-hydrogen) atoms. The fourth-order valence-electron chi connectivity index (χ4n) is 6.85. The summed E-state index contributed by atoms with van der Waals surface area (Å²) in [6.45, 7) is 6.63. The van der Waals surface area contributed by atoms with E-state index >= 15 is 0 Å². The van der Waals surface area contributed by atoms with Gasteiger partial charge in [-0.3, -0.25) is 14.4 Å². The van der Waals surface area contributed by atoms with Gasteiger partial charge in [-0.1, -0.05) is 220 Å². The summed E-state index contributed by atoms with van der Waals surface area (Å²) in [6, 6.07) is 0. The Morgan fingerprint density at radius 3 is 0.769 bits per heavy atom. The second kappa shape index (κ2) is 42.2. The van der Waals surface area contributed by atoms with Gasteiger partial charge in [-0.15, -0.1) is 0 Å². The first-order valence-corrected chi connectivity index (χ1v) is 23.0. The summed E-state index contributed by atoms with van der Waals surface area (Å²) >= 11 is 0. The molecule has 0 unspecified atom stereocenters. The summed E-state index contributed by atoms with van der Waals surface area (Å²) in [5.41, 5.74) is 0. The van der Waals surface area contributed by atoms with Crippen molar-refractivity contribution in [3.63, 3.8) is 0 Å². The first-order chi connectivity index (χ1) is 25.5. The zero-order valence-electron chi connectivity index (χ0n) is 35.1. The van der Waals surface area contributed by atoms with E-state index in [1.54, 1.807) is 0 Å². The number of esters is 3. The van der Waals surface area contributed by atoms with Crippen LogP contribution < -0.4 is 0 Å². The van der Waals surface area contributed by atoms with E-state index in [0.29, 0.717) is 19.3 Å². The Morgan fingerprint density at radius 2 is 0.519 bits per heavy atom. The lowest BCUT2D eigenvalue weighted by atomic mass is 10.0. The molecule has 0 aromatic rings. The van der Waals surface area contributed by atoms with E-state index in [9.17, 15) is 14.4 Å². The summed E-state index contributed by atoms with van der Waals surface area (Å²) in [5, 5.41) is 0. The lowest BCUT2D eigenvalue weighted by Crippen LogP contribution is -2.30. The predicted octanol–water partition coefficient (Wildman–Crippen LogP) is 14.5. The van der Waals surface area contributed by atoms with Crippen LogP contribution in [0.1, 0.15) is 258 Å². The number of hydrogen-bond donors (Lipinski definition) is 0. The molecular weight excluding hydrogens is 648 g/mol. The predicted molar refractivity (Wildman–Crippen MR) is 220 cm³/mol. The van der Waals surface area contributed by atoms with Gasteiger partial charge < -0.3 is 14.2 Å². The molecule has 0 aliphatic carbocycles. The smallest absolute Gasteiger partial charge is 0.306 e. The molecule has 308 valence electrons. The maximum absolute atomic E-state index is 12.7. The molecular formula is C46H88O6. The van der Waals surface area contributed by atoms with Crippen LogP contribution in [-0.2, 0) is 28.6 Å². The van der Waals surface area contributed by atoms with E-state index < -0.39 is 6.10 Å². The van der Waals surface area contributed by atoms with Crippen LogP contribution in [0.5, 0.6) is 0 Å². The van der Waals surface area contributed by atoms with Gasteiger partial charge in [0, 0.05) is 19.3 Å². The van der Waals surface area contributed by atoms with E-state index in [0.717, 1.165) is 57.8 Å². The van der Waals surface area contributed by atoms with Gasteiger partial charge in [-0.25, -0.2) is 0 Å². The number of rotatable bonds is 42.